The fourth-order valence-electron chi connectivity index (χ4n) is 2.05. The van der Waals surface area contributed by atoms with E-state index in [1.165, 1.54) is 28.0 Å². The summed E-state index contributed by atoms with van der Waals surface area (Å²) in [5.41, 5.74) is 2.46. The van der Waals surface area contributed by atoms with E-state index in [1.807, 2.05) is 0 Å². The lowest BCUT2D eigenvalue weighted by Crippen LogP contribution is -1.72. The molecule has 0 atom stereocenters. The summed E-state index contributed by atoms with van der Waals surface area (Å²) in [5.74, 6) is 0. The Morgan fingerprint density at radius 3 is 1.30 bits per heavy atom. The molecule has 0 radical (unpaired) electrons. The Morgan fingerprint density at radius 1 is 0.522 bits per heavy atom. The van der Waals surface area contributed by atoms with Gasteiger partial charge < -0.3 is 0 Å². The van der Waals surface area contributed by atoms with E-state index in [1.54, 1.807) is 11.3 Å². The highest BCUT2D eigenvalue weighted by molar-refractivity contribution is 14.1. The maximum absolute atomic E-state index is 2.33. The van der Waals surface area contributed by atoms with E-state index in [0.29, 0.717) is 0 Å². The molecule has 0 aliphatic heterocycles. The minimum atomic E-state index is 1.23. The maximum atomic E-state index is 2.33. The van der Waals surface area contributed by atoms with Gasteiger partial charge in [-0.15, -0.1) is 11.3 Å². The third kappa shape index (κ3) is 5.29. The SMILES string of the molecule is Ic1ccc(C=Cc2ccc(C=Cc3ccc(I)cc3)s2)cc1. The molecule has 0 spiro atoms. The second-order valence-electron chi connectivity index (χ2n) is 5.01. The Bertz CT molecular complexity index is 755. The maximum Gasteiger partial charge on any atom is 0.0276 e. The van der Waals surface area contributed by atoms with Crippen molar-refractivity contribution in [2.45, 2.75) is 0 Å². The smallest absolute Gasteiger partial charge is 0.0276 e. The van der Waals surface area contributed by atoms with E-state index in [2.05, 4.69) is 130 Å². The highest BCUT2D eigenvalue weighted by Crippen LogP contribution is 2.22. The summed E-state index contributed by atoms with van der Waals surface area (Å²) in [4.78, 5) is 2.54. The molecule has 2 aromatic carbocycles. The van der Waals surface area contributed by atoms with Crippen LogP contribution in [0.2, 0.25) is 0 Å². The lowest BCUT2D eigenvalue weighted by Gasteiger charge is -1.93. The first-order chi connectivity index (χ1) is 11.2. The molecule has 0 saturated carbocycles. The van der Waals surface area contributed by atoms with E-state index >= 15 is 0 Å². The van der Waals surface area contributed by atoms with Crippen LogP contribution in [0.3, 0.4) is 0 Å². The summed E-state index contributed by atoms with van der Waals surface area (Å²) in [7, 11) is 0. The molecule has 0 nitrogen and oxygen atoms in total. The first kappa shape index (κ1) is 16.9. The number of halogens is 2. The molecule has 3 aromatic rings. The molecule has 114 valence electrons. The van der Waals surface area contributed by atoms with Gasteiger partial charge in [0.25, 0.3) is 0 Å². The molecular formula is C20H14I2S. The molecule has 0 bridgehead atoms. The second kappa shape index (κ2) is 8.26. The lowest BCUT2D eigenvalue weighted by atomic mass is 10.2. The summed E-state index contributed by atoms with van der Waals surface area (Å²) < 4.78 is 2.53. The van der Waals surface area contributed by atoms with Gasteiger partial charge in [0.15, 0.2) is 0 Å². The quantitative estimate of drug-likeness (QED) is 0.305. The highest BCUT2D eigenvalue weighted by atomic mass is 127. The summed E-state index contributed by atoms with van der Waals surface area (Å²) >= 11 is 6.45. The summed E-state index contributed by atoms with van der Waals surface area (Å²) in [6, 6.07) is 21.4. The van der Waals surface area contributed by atoms with E-state index in [4.69, 9.17) is 0 Å². The van der Waals surface area contributed by atoms with Gasteiger partial charge in [-0.25, -0.2) is 0 Å². The van der Waals surface area contributed by atoms with E-state index in [0.717, 1.165) is 0 Å². The lowest BCUT2D eigenvalue weighted by molar-refractivity contribution is 1.61. The fourth-order valence-corrected chi connectivity index (χ4v) is 3.59. The molecule has 0 fully saturated rings. The minimum absolute atomic E-state index is 1.23. The normalized spacial score (nSPS) is 11.6. The van der Waals surface area contributed by atoms with Crippen molar-refractivity contribution in [1.29, 1.82) is 0 Å². The van der Waals surface area contributed by atoms with Crippen LogP contribution in [0.5, 0.6) is 0 Å². The Hall–Kier alpha value is -0.920. The van der Waals surface area contributed by atoms with Crippen LogP contribution < -0.4 is 0 Å². The molecule has 0 N–H and O–H groups in total. The molecule has 0 aliphatic carbocycles. The molecule has 23 heavy (non-hydrogen) atoms. The summed E-state index contributed by atoms with van der Waals surface area (Å²) in [6.07, 6.45) is 8.67. The third-order valence-corrected chi connectivity index (χ3v) is 5.72. The van der Waals surface area contributed by atoms with Gasteiger partial charge in [0, 0.05) is 16.9 Å². The molecule has 0 aliphatic rings. The first-order valence-corrected chi connectivity index (χ1v) is 10.1. The van der Waals surface area contributed by atoms with E-state index < -0.39 is 0 Å². The van der Waals surface area contributed by atoms with Crippen molar-refractivity contribution in [3.8, 4) is 0 Å². The van der Waals surface area contributed by atoms with Crippen molar-refractivity contribution in [2.24, 2.45) is 0 Å². The van der Waals surface area contributed by atoms with Crippen molar-refractivity contribution in [3.63, 3.8) is 0 Å². The largest absolute Gasteiger partial charge is 0.137 e. The van der Waals surface area contributed by atoms with Crippen molar-refractivity contribution < 1.29 is 0 Å². The van der Waals surface area contributed by atoms with Crippen LogP contribution >= 0.6 is 56.5 Å². The van der Waals surface area contributed by atoms with Crippen LogP contribution in [-0.4, -0.2) is 0 Å². The van der Waals surface area contributed by atoms with E-state index in [9.17, 15) is 0 Å². The van der Waals surface area contributed by atoms with Crippen molar-refractivity contribution in [3.05, 3.63) is 88.7 Å². The van der Waals surface area contributed by atoms with Crippen LogP contribution in [0, 0.1) is 7.14 Å². The van der Waals surface area contributed by atoms with Gasteiger partial charge in [-0.2, -0.15) is 0 Å². The molecule has 3 rings (SSSR count). The summed E-state index contributed by atoms with van der Waals surface area (Å²) in [6.45, 7) is 0. The zero-order valence-electron chi connectivity index (χ0n) is 12.2. The fraction of sp³-hybridized carbons (Fsp3) is 0. The molecule has 3 heteroatoms. The van der Waals surface area contributed by atoms with Gasteiger partial charge in [0.05, 0.1) is 0 Å². The van der Waals surface area contributed by atoms with Gasteiger partial charge in [-0.3, -0.25) is 0 Å². The number of rotatable bonds is 4. The van der Waals surface area contributed by atoms with Gasteiger partial charge in [-0.1, -0.05) is 36.4 Å². The first-order valence-electron chi connectivity index (χ1n) is 7.16. The van der Waals surface area contributed by atoms with Crippen LogP contribution in [0.15, 0.2) is 60.7 Å². The Labute approximate surface area is 168 Å². The van der Waals surface area contributed by atoms with Crippen LogP contribution in [0.25, 0.3) is 24.3 Å². The van der Waals surface area contributed by atoms with Crippen LogP contribution in [0.4, 0.5) is 0 Å². The predicted molar refractivity (Wildman–Crippen MR) is 120 cm³/mol. The van der Waals surface area contributed by atoms with Gasteiger partial charge >= 0.3 is 0 Å². The zero-order chi connectivity index (χ0) is 16.1. The van der Waals surface area contributed by atoms with Crippen LogP contribution in [0.1, 0.15) is 20.9 Å². The molecule has 1 aromatic heterocycles. The molecule has 0 saturated heterocycles. The number of thiophene rings is 1. The monoisotopic (exact) mass is 540 g/mol. The average Bonchev–Trinajstić information content (AvgIpc) is 3.02. The number of benzene rings is 2. The van der Waals surface area contributed by atoms with Gasteiger partial charge in [-0.05, 0) is 105 Å². The molecule has 1 heterocycles. The van der Waals surface area contributed by atoms with Crippen molar-refractivity contribution >= 4 is 80.8 Å². The van der Waals surface area contributed by atoms with Gasteiger partial charge in [0.2, 0.25) is 0 Å². The number of hydrogen-bond donors (Lipinski definition) is 0. The predicted octanol–water partition coefficient (Wildman–Crippen LogP) is 7.30. The highest BCUT2D eigenvalue weighted by Gasteiger charge is 1.95. The second-order valence-corrected chi connectivity index (χ2v) is 8.65. The Morgan fingerprint density at radius 2 is 0.913 bits per heavy atom. The van der Waals surface area contributed by atoms with Crippen LogP contribution in [-0.2, 0) is 0 Å². The zero-order valence-corrected chi connectivity index (χ0v) is 17.4. The van der Waals surface area contributed by atoms with Crippen molar-refractivity contribution in [2.75, 3.05) is 0 Å². The third-order valence-electron chi connectivity index (χ3n) is 3.27. The number of hydrogen-bond acceptors (Lipinski definition) is 1. The standard InChI is InChI=1S/C20H14I2S/c21-17-7-1-15(2-8-17)5-11-19-13-14-20(23-19)12-6-16-3-9-18(22)10-4-16/h1-14H. The van der Waals surface area contributed by atoms with Gasteiger partial charge in [0.1, 0.15) is 0 Å². The van der Waals surface area contributed by atoms with Crippen molar-refractivity contribution in [1.82, 2.24) is 0 Å². The Kier molecular flexibility index (Phi) is 6.08. The summed E-state index contributed by atoms with van der Waals surface area (Å²) in [5, 5.41) is 0. The minimum Gasteiger partial charge on any atom is -0.137 e. The molecule has 0 unspecified atom stereocenters. The Balaban J connectivity index is 1.68. The molecular weight excluding hydrogens is 526 g/mol. The average molecular weight is 540 g/mol. The molecule has 0 amide bonds. The topological polar surface area (TPSA) is 0 Å². The van der Waals surface area contributed by atoms with E-state index in [-0.39, 0.29) is 0 Å².